The molecule has 1 aromatic rings. The van der Waals surface area contributed by atoms with Gasteiger partial charge in [-0.2, -0.15) is 0 Å². The number of benzene rings is 1. The Bertz CT molecular complexity index is 290. The number of thioether (sulfide) groups is 2. The van der Waals surface area contributed by atoms with Crippen molar-refractivity contribution in [3.05, 3.63) is 30.3 Å². The lowest BCUT2D eigenvalue weighted by atomic mass is 10.2. The highest BCUT2D eigenvalue weighted by Crippen LogP contribution is 2.22. The molecule has 0 radical (unpaired) electrons. The molecule has 1 aromatic carbocycles. The van der Waals surface area contributed by atoms with Crippen LogP contribution < -0.4 is 4.90 Å². The van der Waals surface area contributed by atoms with Gasteiger partial charge < -0.3 is 4.90 Å². The predicted molar refractivity (Wildman–Crippen MR) is 82.0 cm³/mol. The molecule has 0 unspecified atom stereocenters. The van der Waals surface area contributed by atoms with Gasteiger partial charge in [-0.15, -0.1) is 23.5 Å². The third-order valence-electron chi connectivity index (χ3n) is 2.94. The van der Waals surface area contributed by atoms with E-state index in [1.54, 1.807) is 0 Å². The summed E-state index contributed by atoms with van der Waals surface area (Å²) in [7, 11) is 0. The number of anilines is 1. The van der Waals surface area contributed by atoms with E-state index in [1.807, 2.05) is 0 Å². The summed E-state index contributed by atoms with van der Waals surface area (Å²) in [5, 5.41) is 0. The van der Waals surface area contributed by atoms with E-state index in [0.29, 0.717) is 0 Å². The number of rotatable bonds is 1. The zero-order chi connectivity index (χ0) is 11.8. The Morgan fingerprint density at radius 3 is 1.94 bits per heavy atom. The van der Waals surface area contributed by atoms with Crippen LogP contribution in [0.25, 0.3) is 0 Å². The zero-order valence-corrected chi connectivity index (χ0v) is 11.9. The summed E-state index contributed by atoms with van der Waals surface area (Å²) in [6, 6.07) is 10.8. The van der Waals surface area contributed by atoms with E-state index in [9.17, 15) is 0 Å². The molecule has 1 nitrogen and oxygen atoms in total. The van der Waals surface area contributed by atoms with Gasteiger partial charge in [-0.25, -0.2) is 0 Å². The minimum Gasteiger partial charge on any atom is -0.353 e. The van der Waals surface area contributed by atoms with Crippen molar-refractivity contribution in [2.45, 2.75) is 25.7 Å². The van der Waals surface area contributed by atoms with E-state index in [-0.39, 0.29) is 0 Å². The van der Waals surface area contributed by atoms with Crippen LogP contribution in [0.5, 0.6) is 0 Å². The summed E-state index contributed by atoms with van der Waals surface area (Å²) < 4.78 is 0. The fourth-order valence-corrected chi connectivity index (χ4v) is 4.05. The molecule has 3 heteroatoms. The van der Waals surface area contributed by atoms with Crippen molar-refractivity contribution >= 4 is 29.2 Å². The molecule has 94 valence electrons. The van der Waals surface area contributed by atoms with Gasteiger partial charge in [0.1, 0.15) is 0 Å². The molecule has 1 aliphatic rings. The Morgan fingerprint density at radius 1 is 0.765 bits per heavy atom. The van der Waals surface area contributed by atoms with Gasteiger partial charge in [0, 0.05) is 5.69 Å². The first-order valence-electron chi connectivity index (χ1n) is 6.42. The highest BCUT2D eigenvalue weighted by atomic mass is 32.2. The van der Waals surface area contributed by atoms with Crippen molar-refractivity contribution in [1.29, 1.82) is 0 Å². The molecule has 1 fully saturated rings. The van der Waals surface area contributed by atoms with Gasteiger partial charge in [-0.1, -0.05) is 31.0 Å². The van der Waals surface area contributed by atoms with Crippen LogP contribution in [0.1, 0.15) is 25.7 Å². The van der Waals surface area contributed by atoms with E-state index in [1.165, 1.54) is 42.9 Å². The van der Waals surface area contributed by atoms with Crippen LogP contribution in [0.4, 0.5) is 5.69 Å². The van der Waals surface area contributed by atoms with Crippen LogP contribution in [0.2, 0.25) is 0 Å². The second-order valence-electron chi connectivity index (χ2n) is 4.36. The zero-order valence-electron chi connectivity index (χ0n) is 10.3. The maximum atomic E-state index is 2.50. The Balaban J connectivity index is 1.93. The molecule has 1 heterocycles. The van der Waals surface area contributed by atoms with E-state index in [4.69, 9.17) is 0 Å². The van der Waals surface area contributed by atoms with Crippen LogP contribution in [-0.2, 0) is 0 Å². The average Bonchev–Trinajstić information content (AvgIpc) is 2.45. The molecule has 1 aliphatic heterocycles. The first-order chi connectivity index (χ1) is 8.47. The van der Waals surface area contributed by atoms with Gasteiger partial charge in [0.25, 0.3) is 0 Å². The fraction of sp³-hybridized carbons (Fsp3) is 0.571. The van der Waals surface area contributed by atoms with E-state index in [2.05, 4.69) is 58.8 Å². The predicted octanol–water partition coefficient (Wildman–Crippen LogP) is 4.45. The summed E-state index contributed by atoms with van der Waals surface area (Å²) >= 11 is 4.15. The van der Waals surface area contributed by atoms with Gasteiger partial charge in [0.15, 0.2) is 0 Å². The Kier molecular flexibility index (Phi) is 6.14. The van der Waals surface area contributed by atoms with E-state index >= 15 is 0 Å². The van der Waals surface area contributed by atoms with Crippen LogP contribution in [0.3, 0.4) is 0 Å². The van der Waals surface area contributed by atoms with Crippen molar-refractivity contribution < 1.29 is 0 Å². The Labute approximate surface area is 113 Å². The molecule has 0 aromatic heterocycles. The smallest absolute Gasteiger partial charge is 0.0648 e. The third kappa shape index (κ3) is 4.84. The summed E-state index contributed by atoms with van der Waals surface area (Å²) in [4.78, 5) is 2.50. The molecule has 0 spiro atoms. The van der Waals surface area contributed by atoms with Gasteiger partial charge in [-0.3, -0.25) is 0 Å². The molecule has 17 heavy (non-hydrogen) atoms. The quantitative estimate of drug-likeness (QED) is 0.740. The third-order valence-corrected chi connectivity index (χ3v) is 5.09. The van der Waals surface area contributed by atoms with E-state index < -0.39 is 0 Å². The Hall–Kier alpha value is -0.280. The summed E-state index contributed by atoms with van der Waals surface area (Å²) in [5.74, 6) is 4.90. The lowest BCUT2D eigenvalue weighted by molar-refractivity contribution is 0.711. The molecule has 1 saturated heterocycles. The molecule has 0 saturated carbocycles. The molecule has 0 atom stereocenters. The topological polar surface area (TPSA) is 3.24 Å². The second-order valence-corrected chi connectivity index (χ2v) is 6.51. The number of para-hydroxylation sites is 1. The van der Waals surface area contributed by atoms with Gasteiger partial charge in [-0.05, 0) is 36.5 Å². The van der Waals surface area contributed by atoms with Crippen LogP contribution in [-0.4, -0.2) is 23.3 Å². The van der Waals surface area contributed by atoms with Crippen molar-refractivity contribution in [3.63, 3.8) is 0 Å². The molecule has 0 amide bonds. The summed E-state index contributed by atoms with van der Waals surface area (Å²) in [5.41, 5.74) is 1.37. The van der Waals surface area contributed by atoms with Gasteiger partial charge in [0.2, 0.25) is 0 Å². The number of nitrogens with zero attached hydrogens (tertiary/aromatic N) is 1. The van der Waals surface area contributed by atoms with Crippen LogP contribution >= 0.6 is 23.5 Å². The molecular weight excluding hydrogens is 246 g/mol. The number of hydrogen-bond acceptors (Lipinski definition) is 3. The minimum absolute atomic E-state index is 1.14. The SMILES string of the molecule is c1ccc(N2CSCCCCCCSC2)cc1. The normalized spacial score (nSPS) is 19.6. The van der Waals surface area contributed by atoms with Crippen LogP contribution in [0, 0.1) is 0 Å². The van der Waals surface area contributed by atoms with Crippen molar-refractivity contribution in [3.8, 4) is 0 Å². The first-order valence-corrected chi connectivity index (χ1v) is 8.73. The summed E-state index contributed by atoms with van der Waals surface area (Å²) in [6.07, 6.45) is 5.60. The second kappa shape index (κ2) is 7.93. The van der Waals surface area contributed by atoms with Gasteiger partial charge >= 0.3 is 0 Å². The van der Waals surface area contributed by atoms with Crippen molar-refractivity contribution in [2.24, 2.45) is 0 Å². The molecule has 0 aliphatic carbocycles. The maximum absolute atomic E-state index is 2.50. The standard InChI is InChI=1S/C14H21NS2/c1-2-7-11-17-13-15(12-16-10-6-1)14-8-4-3-5-9-14/h3-5,8-9H,1-2,6-7,10-13H2. The number of hydrogen-bond donors (Lipinski definition) is 0. The molecular formula is C14H21NS2. The lowest BCUT2D eigenvalue weighted by Crippen LogP contribution is -2.22. The molecule has 2 rings (SSSR count). The molecule has 0 N–H and O–H groups in total. The lowest BCUT2D eigenvalue weighted by Gasteiger charge is -2.23. The molecule has 0 bridgehead atoms. The maximum Gasteiger partial charge on any atom is 0.0648 e. The highest BCUT2D eigenvalue weighted by molar-refractivity contribution is 8.00. The average molecular weight is 267 g/mol. The van der Waals surface area contributed by atoms with E-state index in [0.717, 1.165) is 11.8 Å². The first kappa shape index (κ1) is 13.2. The Morgan fingerprint density at radius 2 is 1.35 bits per heavy atom. The van der Waals surface area contributed by atoms with Crippen molar-refractivity contribution in [2.75, 3.05) is 28.2 Å². The fourth-order valence-electron chi connectivity index (χ4n) is 1.94. The van der Waals surface area contributed by atoms with Crippen molar-refractivity contribution in [1.82, 2.24) is 0 Å². The highest BCUT2D eigenvalue weighted by Gasteiger charge is 2.07. The minimum atomic E-state index is 1.14. The monoisotopic (exact) mass is 267 g/mol. The van der Waals surface area contributed by atoms with Crippen LogP contribution in [0.15, 0.2) is 30.3 Å². The van der Waals surface area contributed by atoms with Gasteiger partial charge in [0.05, 0.1) is 11.8 Å². The largest absolute Gasteiger partial charge is 0.353 e. The summed E-state index contributed by atoms with van der Waals surface area (Å²) in [6.45, 7) is 0.